The Morgan fingerprint density at radius 1 is 1.37 bits per heavy atom. The van der Waals surface area contributed by atoms with Crippen molar-refractivity contribution in [3.8, 4) is 0 Å². The Hall–Kier alpha value is -1.20. The highest BCUT2D eigenvalue weighted by Crippen LogP contribution is 2.15. The highest BCUT2D eigenvalue weighted by Gasteiger charge is 2.22. The van der Waals surface area contributed by atoms with Gasteiger partial charge in [0, 0.05) is 30.9 Å². The van der Waals surface area contributed by atoms with Crippen molar-refractivity contribution in [2.24, 2.45) is 0 Å². The first-order valence-corrected chi connectivity index (χ1v) is 7.11. The minimum atomic E-state index is 0.572. The van der Waals surface area contributed by atoms with Crippen LogP contribution in [0.15, 0.2) is 6.07 Å². The first kappa shape index (κ1) is 14.2. The van der Waals surface area contributed by atoms with Crippen molar-refractivity contribution >= 4 is 5.82 Å². The molecule has 1 aromatic heterocycles. The van der Waals surface area contributed by atoms with Gasteiger partial charge in [0.05, 0.1) is 6.54 Å². The molecular formula is C14H25N5. The standard InChI is InChI=1S/C14H25N5/c1-4-12-9-18(3)6-5-7-19(12)10-14-16-11(2)8-13(15)17-14/h8,12H,4-7,9-10H2,1-3H3,(H2,15,16,17). The zero-order valence-corrected chi connectivity index (χ0v) is 12.3. The lowest BCUT2D eigenvalue weighted by atomic mass is 10.2. The van der Waals surface area contributed by atoms with Crippen molar-refractivity contribution in [1.29, 1.82) is 0 Å². The first-order valence-electron chi connectivity index (χ1n) is 7.11. The third kappa shape index (κ3) is 3.88. The summed E-state index contributed by atoms with van der Waals surface area (Å²) >= 11 is 0. The van der Waals surface area contributed by atoms with Gasteiger partial charge >= 0.3 is 0 Å². The summed E-state index contributed by atoms with van der Waals surface area (Å²) in [6.45, 7) is 8.43. The van der Waals surface area contributed by atoms with Gasteiger partial charge in [-0.25, -0.2) is 9.97 Å². The Labute approximate surface area is 115 Å². The number of likely N-dealkylation sites (N-methyl/N-ethyl adjacent to an activating group) is 1. The molecule has 1 aliphatic heterocycles. The van der Waals surface area contributed by atoms with Crippen LogP contribution in [0.3, 0.4) is 0 Å². The molecule has 2 rings (SSSR count). The Bertz CT molecular complexity index is 400. The molecular weight excluding hydrogens is 238 g/mol. The van der Waals surface area contributed by atoms with Crippen LogP contribution in [0.25, 0.3) is 0 Å². The van der Waals surface area contributed by atoms with E-state index >= 15 is 0 Å². The molecule has 1 unspecified atom stereocenters. The fourth-order valence-corrected chi connectivity index (χ4v) is 2.80. The van der Waals surface area contributed by atoms with E-state index in [2.05, 4.69) is 33.7 Å². The van der Waals surface area contributed by atoms with Crippen LogP contribution in [0.4, 0.5) is 5.82 Å². The lowest BCUT2D eigenvalue weighted by Gasteiger charge is -2.29. The molecule has 0 radical (unpaired) electrons. The highest BCUT2D eigenvalue weighted by molar-refractivity contribution is 5.29. The van der Waals surface area contributed by atoms with Crippen LogP contribution in [-0.2, 0) is 6.54 Å². The maximum atomic E-state index is 5.81. The van der Waals surface area contributed by atoms with Crippen LogP contribution in [0.2, 0.25) is 0 Å². The molecule has 0 amide bonds. The van der Waals surface area contributed by atoms with Gasteiger partial charge in [-0.15, -0.1) is 0 Å². The van der Waals surface area contributed by atoms with E-state index in [1.165, 1.54) is 13.0 Å². The van der Waals surface area contributed by atoms with Crippen molar-refractivity contribution in [2.75, 3.05) is 32.4 Å². The molecule has 106 valence electrons. The molecule has 5 heteroatoms. The molecule has 0 aliphatic carbocycles. The summed E-state index contributed by atoms with van der Waals surface area (Å²) in [5.74, 6) is 1.42. The zero-order valence-electron chi connectivity index (χ0n) is 12.3. The quantitative estimate of drug-likeness (QED) is 0.890. The highest BCUT2D eigenvalue weighted by atomic mass is 15.2. The molecule has 5 nitrogen and oxygen atoms in total. The number of aromatic nitrogens is 2. The van der Waals surface area contributed by atoms with Gasteiger partial charge in [-0.2, -0.15) is 0 Å². The second-order valence-corrected chi connectivity index (χ2v) is 5.50. The van der Waals surface area contributed by atoms with Crippen molar-refractivity contribution < 1.29 is 0 Å². The minimum absolute atomic E-state index is 0.572. The molecule has 1 fully saturated rings. The van der Waals surface area contributed by atoms with Crippen molar-refractivity contribution in [3.63, 3.8) is 0 Å². The first-order chi connectivity index (χ1) is 9.08. The van der Waals surface area contributed by atoms with Crippen LogP contribution >= 0.6 is 0 Å². The van der Waals surface area contributed by atoms with Gasteiger partial charge < -0.3 is 10.6 Å². The van der Waals surface area contributed by atoms with Crippen molar-refractivity contribution in [1.82, 2.24) is 19.8 Å². The summed E-state index contributed by atoms with van der Waals surface area (Å²) in [4.78, 5) is 13.8. The van der Waals surface area contributed by atoms with Gasteiger partial charge in [0.25, 0.3) is 0 Å². The average molecular weight is 263 g/mol. The van der Waals surface area contributed by atoms with E-state index in [0.717, 1.165) is 37.6 Å². The molecule has 0 spiro atoms. The largest absolute Gasteiger partial charge is 0.384 e. The number of hydrogen-bond acceptors (Lipinski definition) is 5. The lowest BCUT2D eigenvalue weighted by molar-refractivity contribution is 0.172. The van der Waals surface area contributed by atoms with Gasteiger partial charge in [0.1, 0.15) is 11.6 Å². The summed E-state index contributed by atoms with van der Waals surface area (Å²) in [6.07, 6.45) is 2.36. The predicted octanol–water partition coefficient (Wildman–Crippen LogP) is 1.28. The van der Waals surface area contributed by atoms with Gasteiger partial charge in [-0.05, 0) is 33.4 Å². The average Bonchev–Trinajstić information content (AvgIpc) is 2.50. The van der Waals surface area contributed by atoms with Gasteiger partial charge in [-0.3, -0.25) is 4.90 Å². The van der Waals surface area contributed by atoms with Crippen LogP contribution in [-0.4, -0.2) is 52.5 Å². The van der Waals surface area contributed by atoms with Gasteiger partial charge in [0.2, 0.25) is 0 Å². The zero-order chi connectivity index (χ0) is 13.8. The third-order valence-electron chi connectivity index (χ3n) is 3.76. The van der Waals surface area contributed by atoms with E-state index in [0.29, 0.717) is 11.9 Å². The number of hydrogen-bond donors (Lipinski definition) is 1. The van der Waals surface area contributed by atoms with Crippen molar-refractivity contribution in [2.45, 2.75) is 39.3 Å². The number of rotatable bonds is 3. The maximum Gasteiger partial charge on any atom is 0.144 e. The molecule has 0 saturated carbocycles. The van der Waals surface area contributed by atoms with Crippen molar-refractivity contribution in [3.05, 3.63) is 17.6 Å². The number of nitrogens with zero attached hydrogens (tertiary/aromatic N) is 4. The Balaban J connectivity index is 2.10. The summed E-state index contributed by atoms with van der Waals surface area (Å²) in [6, 6.07) is 2.40. The smallest absolute Gasteiger partial charge is 0.144 e. The topological polar surface area (TPSA) is 58.3 Å². The van der Waals surface area contributed by atoms with Crippen LogP contribution in [0.5, 0.6) is 0 Å². The SMILES string of the molecule is CCC1CN(C)CCCN1Cc1nc(C)cc(N)n1. The Morgan fingerprint density at radius 2 is 2.16 bits per heavy atom. The number of nitrogen functional groups attached to an aromatic ring is 1. The molecule has 1 atom stereocenters. The Morgan fingerprint density at radius 3 is 2.84 bits per heavy atom. The Kier molecular flexibility index (Phi) is 4.71. The summed E-state index contributed by atoms with van der Waals surface area (Å²) in [5, 5.41) is 0. The second-order valence-electron chi connectivity index (χ2n) is 5.50. The monoisotopic (exact) mass is 263 g/mol. The summed E-state index contributed by atoms with van der Waals surface area (Å²) in [5.41, 5.74) is 6.75. The van der Waals surface area contributed by atoms with Crippen LogP contribution < -0.4 is 5.73 Å². The fraction of sp³-hybridized carbons (Fsp3) is 0.714. The molecule has 0 aromatic carbocycles. The summed E-state index contributed by atoms with van der Waals surface area (Å²) < 4.78 is 0. The molecule has 2 heterocycles. The van der Waals surface area contributed by atoms with Gasteiger partial charge in [-0.1, -0.05) is 6.92 Å². The predicted molar refractivity (Wildman–Crippen MR) is 77.8 cm³/mol. The lowest BCUT2D eigenvalue weighted by Crippen LogP contribution is -2.39. The molecule has 0 bridgehead atoms. The van der Waals surface area contributed by atoms with E-state index < -0.39 is 0 Å². The molecule has 1 aromatic rings. The van der Waals surface area contributed by atoms with Crippen LogP contribution in [0.1, 0.15) is 31.3 Å². The number of anilines is 1. The summed E-state index contributed by atoms with van der Waals surface area (Å²) in [7, 11) is 2.20. The normalized spacial score (nSPS) is 22.4. The third-order valence-corrected chi connectivity index (χ3v) is 3.76. The fourth-order valence-electron chi connectivity index (χ4n) is 2.80. The number of nitrogens with two attached hydrogens (primary N) is 1. The van der Waals surface area contributed by atoms with E-state index in [1.807, 2.05) is 13.0 Å². The number of aryl methyl sites for hydroxylation is 1. The maximum absolute atomic E-state index is 5.81. The molecule has 2 N–H and O–H groups in total. The minimum Gasteiger partial charge on any atom is -0.384 e. The van der Waals surface area contributed by atoms with E-state index in [4.69, 9.17) is 5.73 Å². The van der Waals surface area contributed by atoms with E-state index in [9.17, 15) is 0 Å². The molecule has 1 aliphatic rings. The van der Waals surface area contributed by atoms with Gasteiger partial charge in [0.15, 0.2) is 0 Å². The van der Waals surface area contributed by atoms with E-state index in [1.54, 1.807) is 0 Å². The second kappa shape index (κ2) is 6.30. The molecule has 1 saturated heterocycles. The van der Waals surface area contributed by atoms with Crippen LogP contribution in [0, 0.1) is 6.92 Å². The molecule has 19 heavy (non-hydrogen) atoms. The van der Waals surface area contributed by atoms with E-state index in [-0.39, 0.29) is 0 Å².